The Morgan fingerprint density at radius 3 is 3.05 bits per heavy atom. The molecule has 0 aromatic heterocycles. The molecule has 19 heavy (non-hydrogen) atoms. The summed E-state index contributed by atoms with van der Waals surface area (Å²) in [5, 5.41) is 3.45. The van der Waals surface area contributed by atoms with Crippen LogP contribution in [0.1, 0.15) is 32.6 Å². The topological polar surface area (TPSA) is 49.4 Å². The van der Waals surface area contributed by atoms with Crippen molar-refractivity contribution in [2.75, 3.05) is 12.3 Å². The molecule has 5 heteroatoms. The molecule has 4 nitrogen and oxygen atoms in total. The van der Waals surface area contributed by atoms with E-state index >= 15 is 0 Å². The number of carbonyl (C=O) groups excluding carboxylic acids is 2. The van der Waals surface area contributed by atoms with Crippen molar-refractivity contribution in [2.24, 2.45) is 0 Å². The molecule has 2 heterocycles. The summed E-state index contributed by atoms with van der Waals surface area (Å²) >= 11 is 1.91. The molecule has 2 amide bonds. The Hall–Kier alpha value is -1.15. The highest BCUT2D eigenvalue weighted by atomic mass is 32.2. The van der Waals surface area contributed by atoms with Gasteiger partial charge in [-0.1, -0.05) is 12.3 Å². The number of carbonyl (C=O) groups is 2. The smallest absolute Gasteiger partial charge is 0.318 e. The molecule has 2 saturated heterocycles. The second kappa shape index (κ2) is 6.33. The first-order valence-corrected chi connectivity index (χ1v) is 7.80. The molecule has 2 fully saturated rings. The number of urea groups is 1. The van der Waals surface area contributed by atoms with Crippen LogP contribution in [0.15, 0.2) is 0 Å². The van der Waals surface area contributed by atoms with E-state index in [4.69, 9.17) is 6.42 Å². The SMILES string of the molecule is C#CCN1C(=O)N[C@H]2CS[C@@H](CCCCC(C)=O)[C@H]21. The number of thioether (sulfide) groups is 1. The average molecular weight is 280 g/mol. The van der Waals surface area contributed by atoms with Gasteiger partial charge in [0.05, 0.1) is 18.6 Å². The number of amides is 2. The highest BCUT2D eigenvalue weighted by molar-refractivity contribution is 8.00. The average Bonchev–Trinajstić information content (AvgIpc) is 2.87. The normalized spacial score (nSPS) is 28.9. The number of hydrogen-bond acceptors (Lipinski definition) is 3. The lowest BCUT2D eigenvalue weighted by atomic mass is 10.0. The van der Waals surface area contributed by atoms with Gasteiger partial charge >= 0.3 is 6.03 Å². The van der Waals surface area contributed by atoms with Crippen molar-refractivity contribution in [1.29, 1.82) is 0 Å². The lowest BCUT2D eigenvalue weighted by Crippen LogP contribution is -2.41. The first-order chi connectivity index (χ1) is 9.13. The van der Waals surface area contributed by atoms with Crippen LogP contribution in [0.2, 0.25) is 0 Å². The molecular formula is C14H20N2O2S. The van der Waals surface area contributed by atoms with Crippen LogP contribution in [-0.2, 0) is 4.79 Å². The molecule has 3 atom stereocenters. The van der Waals surface area contributed by atoms with Crippen molar-refractivity contribution in [1.82, 2.24) is 10.2 Å². The van der Waals surface area contributed by atoms with Crippen molar-refractivity contribution in [3.63, 3.8) is 0 Å². The van der Waals surface area contributed by atoms with Crippen molar-refractivity contribution >= 4 is 23.6 Å². The van der Waals surface area contributed by atoms with Crippen LogP contribution in [0.25, 0.3) is 0 Å². The van der Waals surface area contributed by atoms with Crippen LogP contribution in [0.5, 0.6) is 0 Å². The van der Waals surface area contributed by atoms with Gasteiger partial charge in [-0.15, -0.1) is 6.42 Å². The Bertz CT molecular complexity index is 405. The van der Waals surface area contributed by atoms with E-state index in [-0.39, 0.29) is 23.9 Å². The second-order valence-electron chi connectivity index (χ2n) is 5.20. The van der Waals surface area contributed by atoms with E-state index in [2.05, 4.69) is 11.2 Å². The van der Waals surface area contributed by atoms with Gasteiger partial charge < -0.3 is 15.0 Å². The van der Waals surface area contributed by atoms with E-state index in [9.17, 15) is 9.59 Å². The maximum absolute atomic E-state index is 11.8. The molecule has 104 valence electrons. The van der Waals surface area contributed by atoms with Gasteiger partial charge in [0.25, 0.3) is 0 Å². The largest absolute Gasteiger partial charge is 0.332 e. The molecule has 0 unspecified atom stereocenters. The third kappa shape index (κ3) is 3.24. The van der Waals surface area contributed by atoms with Crippen LogP contribution in [0.4, 0.5) is 4.79 Å². The number of nitrogens with one attached hydrogen (secondary N) is 1. The number of unbranched alkanes of at least 4 members (excludes halogenated alkanes) is 1. The van der Waals surface area contributed by atoms with Crippen LogP contribution < -0.4 is 5.32 Å². The summed E-state index contributed by atoms with van der Waals surface area (Å²) in [6.07, 6.45) is 9.04. The number of fused-ring (bicyclic) bond motifs is 1. The Labute approximate surface area is 118 Å². The number of nitrogens with zero attached hydrogens (tertiary/aromatic N) is 1. The first-order valence-electron chi connectivity index (χ1n) is 6.75. The highest BCUT2D eigenvalue weighted by Gasteiger charge is 2.47. The van der Waals surface area contributed by atoms with Crippen molar-refractivity contribution in [3.8, 4) is 12.3 Å². The van der Waals surface area contributed by atoms with E-state index in [1.165, 1.54) is 0 Å². The molecule has 2 rings (SSSR count). The number of hydrogen-bond donors (Lipinski definition) is 1. The summed E-state index contributed by atoms with van der Waals surface area (Å²) in [4.78, 5) is 24.5. The van der Waals surface area contributed by atoms with Crippen LogP contribution in [0.3, 0.4) is 0 Å². The van der Waals surface area contributed by atoms with Gasteiger partial charge in [-0.2, -0.15) is 11.8 Å². The lowest BCUT2D eigenvalue weighted by molar-refractivity contribution is -0.117. The van der Waals surface area contributed by atoms with Crippen LogP contribution in [0, 0.1) is 12.3 Å². The quantitative estimate of drug-likeness (QED) is 0.457. The van der Waals surface area contributed by atoms with Gasteiger partial charge in [0.15, 0.2) is 0 Å². The first kappa shape index (κ1) is 14.3. The molecule has 2 aliphatic heterocycles. The fourth-order valence-corrected chi connectivity index (χ4v) is 4.46. The zero-order valence-electron chi connectivity index (χ0n) is 11.2. The Kier molecular flexibility index (Phi) is 4.76. The number of ketones is 1. The van der Waals surface area contributed by atoms with Crippen molar-refractivity contribution in [2.45, 2.75) is 49.9 Å². The number of Topliss-reactive ketones (excluding diaryl/α,β-unsaturated/α-hetero) is 1. The zero-order valence-corrected chi connectivity index (χ0v) is 12.0. The summed E-state index contributed by atoms with van der Waals surface area (Å²) in [6.45, 7) is 2.02. The number of rotatable bonds is 6. The lowest BCUT2D eigenvalue weighted by Gasteiger charge is -2.25. The van der Waals surface area contributed by atoms with Crippen LogP contribution in [-0.4, -0.2) is 46.3 Å². The van der Waals surface area contributed by atoms with Gasteiger partial charge in [-0.25, -0.2) is 4.79 Å². The standard InChI is InChI=1S/C14H20N2O2S/c1-3-8-16-13-11(15-14(16)18)9-19-12(13)7-5-4-6-10(2)17/h1,11-13H,4-9H2,2H3,(H,15,18)/t11-,12-,13-/m0/s1. The summed E-state index contributed by atoms with van der Waals surface area (Å²) in [5.74, 6) is 3.79. The maximum atomic E-state index is 11.8. The molecule has 0 aromatic rings. The minimum atomic E-state index is -0.0259. The maximum Gasteiger partial charge on any atom is 0.318 e. The molecule has 0 saturated carbocycles. The predicted molar refractivity (Wildman–Crippen MR) is 77.0 cm³/mol. The van der Waals surface area contributed by atoms with Crippen molar-refractivity contribution in [3.05, 3.63) is 0 Å². The fraction of sp³-hybridized carbons (Fsp3) is 0.714. The minimum absolute atomic E-state index is 0.0259. The molecule has 1 N–H and O–H groups in total. The zero-order chi connectivity index (χ0) is 13.8. The summed E-state index contributed by atoms with van der Waals surface area (Å²) in [6, 6.07) is 0.441. The third-order valence-corrected chi connectivity index (χ3v) is 5.24. The van der Waals surface area contributed by atoms with Gasteiger partial charge in [0.1, 0.15) is 5.78 Å². The molecule has 0 radical (unpaired) electrons. The van der Waals surface area contributed by atoms with Gasteiger partial charge in [0.2, 0.25) is 0 Å². The molecule has 0 spiro atoms. The third-order valence-electron chi connectivity index (χ3n) is 3.74. The van der Waals surface area contributed by atoms with E-state index in [0.29, 0.717) is 18.2 Å². The van der Waals surface area contributed by atoms with E-state index in [1.807, 2.05) is 11.8 Å². The molecule has 0 bridgehead atoms. The molecule has 0 aliphatic carbocycles. The van der Waals surface area contributed by atoms with Crippen LogP contribution >= 0.6 is 11.8 Å². The molecule has 2 aliphatic rings. The second-order valence-corrected chi connectivity index (χ2v) is 6.47. The molecular weight excluding hydrogens is 260 g/mol. The monoisotopic (exact) mass is 280 g/mol. The Morgan fingerprint density at radius 2 is 2.37 bits per heavy atom. The van der Waals surface area contributed by atoms with E-state index in [0.717, 1.165) is 25.0 Å². The summed E-state index contributed by atoms with van der Waals surface area (Å²) < 4.78 is 0. The Balaban J connectivity index is 1.86. The fourth-order valence-electron chi connectivity index (χ4n) is 2.85. The highest BCUT2D eigenvalue weighted by Crippen LogP contribution is 2.37. The van der Waals surface area contributed by atoms with Gasteiger partial charge in [0, 0.05) is 17.4 Å². The predicted octanol–water partition coefficient (Wildman–Crippen LogP) is 1.65. The number of terminal acetylenes is 1. The van der Waals surface area contributed by atoms with Gasteiger partial charge in [-0.3, -0.25) is 0 Å². The summed E-state index contributed by atoms with van der Waals surface area (Å²) in [7, 11) is 0. The van der Waals surface area contributed by atoms with E-state index < -0.39 is 0 Å². The van der Waals surface area contributed by atoms with E-state index in [1.54, 1.807) is 11.8 Å². The Morgan fingerprint density at radius 1 is 1.58 bits per heavy atom. The minimum Gasteiger partial charge on any atom is -0.332 e. The molecule has 0 aromatic carbocycles. The summed E-state index contributed by atoms with van der Waals surface area (Å²) in [5.41, 5.74) is 0. The van der Waals surface area contributed by atoms with Crippen molar-refractivity contribution < 1.29 is 9.59 Å². The van der Waals surface area contributed by atoms with Gasteiger partial charge in [-0.05, 0) is 19.8 Å².